The Morgan fingerprint density at radius 1 is 0.305 bits per heavy atom. The highest BCUT2D eigenvalue weighted by atomic mass is 31.2. The Kier molecular flexibility index (Phi) is 66.5. The quantitative estimate of drug-likeness (QED) is 0.0222. The van der Waals surface area contributed by atoms with Crippen LogP contribution < -0.4 is 0 Å². The molecule has 0 bridgehead atoms. The second-order valence-electron chi connectivity index (χ2n) is 28.1. The van der Waals surface area contributed by atoms with E-state index in [-0.39, 0.29) is 25.7 Å². The molecule has 0 radical (unpaired) electrons. The molecule has 6 atom stereocenters. The third-order valence-electron chi connectivity index (χ3n) is 18.1. The fourth-order valence-corrected chi connectivity index (χ4v) is 13.2. The normalized spacial score (nSPS) is 14.3. The zero-order valence-electron chi connectivity index (χ0n) is 62.0. The minimum atomic E-state index is -4.96. The van der Waals surface area contributed by atoms with Crippen LogP contribution in [0.2, 0.25) is 0 Å². The van der Waals surface area contributed by atoms with Crippen LogP contribution in [0.25, 0.3) is 0 Å². The van der Waals surface area contributed by atoms with Crippen LogP contribution in [-0.2, 0) is 65.4 Å². The fraction of sp³-hybridized carbons (Fsp3) is 0.947. The Labute approximate surface area is 581 Å². The van der Waals surface area contributed by atoms with Crippen molar-refractivity contribution in [1.82, 2.24) is 0 Å². The van der Waals surface area contributed by atoms with Crippen LogP contribution in [0.3, 0.4) is 0 Å². The number of carbonyl (C=O) groups is 4. The average molecular weight is 1400 g/mol. The van der Waals surface area contributed by atoms with Crippen LogP contribution in [-0.4, -0.2) is 96.7 Å². The SMILES string of the molecule is CCCCCCCCCCCCCCCCC(=O)OC[C@H](COP(=O)(O)OC[C@@H](O)COP(=O)(O)OC[C@@H](COC(=O)CCCCCCCCCC(C)C)OC(=O)CCCCCCCCCCCCCCC)OC(=O)CCCCCCCCCCCCCCCCC(C)CC. The third-order valence-corrected chi connectivity index (χ3v) is 20.0. The van der Waals surface area contributed by atoms with Crippen molar-refractivity contribution in [2.24, 2.45) is 11.8 Å². The average Bonchev–Trinajstić information content (AvgIpc) is 3.04. The molecule has 0 aromatic heterocycles. The van der Waals surface area contributed by atoms with Gasteiger partial charge in [-0.1, -0.05) is 343 Å². The Balaban J connectivity index is 5.24. The lowest BCUT2D eigenvalue weighted by molar-refractivity contribution is -0.161. The van der Waals surface area contributed by atoms with Crippen LogP contribution in [0, 0.1) is 11.8 Å². The number of phosphoric acid groups is 2. The van der Waals surface area contributed by atoms with Gasteiger partial charge in [0, 0.05) is 25.7 Å². The number of phosphoric ester groups is 2. The van der Waals surface area contributed by atoms with Crippen LogP contribution >= 0.6 is 15.6 Å². The zero-order chi connectivity index (χ0) is 70.0. The lowest BCUT2D eigenvalue weighted by Crippen LogP contribution is -2.30. The van der Waals surface area contributed by atoms with E-state index in [2.05, 4.69) is 41.5 Å². The molecule has 0 aliphatic heterocycles. The van der Waals surface area contributed by atoms with E-state index >= 15 is 0 Å². The van der Waals surface area contributed by atoms with Gasteiger partial charge in [-0.2, -0.15) is 0 Å². The Hall–Kier alpha value is -1.94. The summed E-state index contributed by atoms with van der Waals surface area (Å²) in [4.78, 5) is 72.8. The standard InChI is InChI=1S/C76H148O17P2/c1-7-10-12-14-16-18-20-22-27-30-34-40-46-52-58-73(78)86-64-71(92-76(81)61-55-49-42-36-32-28-24-23-26-29-33-39-45-51-57-69(6)9-3)66-90-94(82,83)88-62-70(77)63-89-95(84,85)91-67-72(65-87-74(79)59-53-47-43-37-38-44-50-56-68(4)5)93-75(80)60-54-48-41-35-31-25-21-19-17-15-13-11-8-2/h68-72,77H,7-67H2,1-6H3,(H,82,83)(H,84,85)/t69?,70-,71-,72-/m1/s1. The molecule has 0 heterocycles. The van der Waals surface area contributed by atoms with Gasteiger partial charge in [0.05, 0.1) is 26.4 Å². The van der Waals surface area contributed by atoms with Crippen molar-refractivity contribution >= 4 is 39.5 Å². The summed E-state index contributed by atoms with van der Waals surface area (Å²) in [7, 11) is -9.91. The zero-order valence-corrected chi connectivity index (χ0v) is 63.8. The van der Waals surface area contributed by atoms with Gasteiger partial charge in [0.2, 0.25) is 0 Å². The summed E-state index contributed by atoms with van der Waals surface area (Å²) in [6.45, 7) is 9.60. The summed E-state index contributed by atoms with van der Waals surface area (Å²) in [6.07, 6.45) is 55.4. The Morgan fingerprint density at radius 2 is 0.537 bits per heavy atom. The van der Waals surface area contributed by atoms with E-state index in [0.717, 1.165) is 102 Å². The molecular weight excluding hydrogens is 1250 g/mol. The summed E-state index contributed by atoms with van der Waals surface area (Å²) in [5.74, 6) is -0.563. The van der Waals surface area contributed by atoms with Gasteiger partial charge in [-0.15, -0.1) is 0 Å². The number of ether oxygens (including phenoxy) is 4. The molecule has 0 saturated heterocycles. The van der Waals surface area contributed by atoms with Gasteiger partial charge in [0.1, 0.15) is 19.3 Å². The van der Waals surface area contributed by atoms with Crippen LogP contribution in [0.15, 0.2) is 0 Å². The van der Waals surface area contributed by atoms with E-state index in [4.69, 9.17) is 37.0 Å². The fourth-order valence-electron chi connectivity index (χ4n) is 11.6. The second kappa shape index (κ2) is 67.9. The van der Waals surface area contributed by atoms with Crippen molar-refractivity contribution in [2.75, 3.05) is 39.6 Å². The maximum Gasteiger partial charge on any atom is 0.472 e. The summed E-state index contributed by atoms with van der Waals surface area (Å²) in [6, 6.07) is 0. The summed E-state index contributed by atoms with van der Waals surface area (Å²) >= 11 is 0. The van der Waals surface area contributed by atoms with Gasteiger partial charge in [-0.25, -0.2) is 9.13 Å². The lowest BCUT2D eigenvalue weighted by atomic mass is 9.99. The number of hydrogen-bond donors (Lipinski definition) is 3. The van der Waals surface area contributed by atoms with Gasteiger partial charge < -0.3 is 33.8 Å². The summed E-state index contributed by atoms with van der Waals surface area (Å²) < 4.78 is 68.5. The van der Waals surface area contributed by atoms with Gasteiger partial charge in [0.15, 0.2) is 12.2 Å². The van der Waals surface area contributed by atoms with Crippen molar-refractivity contribution in [2.45, 2.75) is 413 Å². The van der Waals surface area contributed by atoms with E-state index < -0.39 is 97.5 Å². The van der Waals surface area contributed by atoms with E-state index in [1.165, 1.54) is 205 Å². The van der Waals surface area contributed by atoms with Crippen LogP contribution in [0.5, 0.6) is 0 Å². The number of hydrogen-bond acceptors (Lipinski definition) is 15. The highest BCUT2D eigenvalue weighted by molar-refractivity contribution is 7.47. The van der Waals surface area contributed by atoms with Gasteiger partial charge in [-0.3, -0.25) is 37.3 Å². The van der Waals surface area contributed by atoms with Crippen molar-refractivity contribution in [3.05, 3.63) is 0 Å². The Morgan fingerprint density at radius 3 is 0.800 bits per heavy atom. The van der Waals surface area contributed by atoms with E-state index in [1.807, 2.05) is 0 Å². The third kappa shape index (κ3) is 69.0. The first-order chi connectivity index (χ1) is 45.9. The molecule has 0 aliphatic carbocycles. The molecule has 564 valence electrons. The molecule has 0 aromatic rings. The number of esters is 4. The molecule has 0 rings (SSSR count). The minimum absolute atomic E-state index is 0.107. The van der Waals surface area contributed by atoms with E-state index in [9.17, 15) is 43.2 Å². The molecule has 95 heavy (non-hydrogen) atoms. The number of aliphatic hydroxyl groups excluding tert-OH is 1. The predicted octanol–water partition coefficient (Wildman–Crippen LogP) is 22.3. The maximum atomic E-state index is 13.1. The molecule has 19 heteroatoms. The smallest absolute Gasteiger partial charge is 0.462 e. The maximum absolute atomic E-state index is 13.1. The molecule has 3 unspecified atom stereocenters. The molecule has 0 aliphatic rings. The minimum Gasteiger partial charge on any atom is -0.462 e. The molecular formula is C76H148O17P2. The molecule has 17 nitrogen and oxygen atoms in total. The van der Waals surface area contributed by atoms with Crippen molar-refractivity contribution in [3.8, 4) is 0 Å². The van der Waals surface area contributed by atoms with Gasteiger partial charge in [-0.05, 0) is 37.5 Å². The number of carbonyl (C=O) groups excluding carboxylic acids is 4. The highest BCUT2D eigenvalue weighted by Crippen LogP contribution is 2.45. The summed E-state index contributed by atoms with van der Waals surface area (Å²) in [5, 5.41) is 10.6. The van der Waals surface area contributed by atoms with Crippen LogP contribution in [0.1, 0.15) is 395 Å². The number of aliphatic hydroxyl groups is 1. The number of rotatable bonds is 75. The van der Waals surface area contributed by atoms with Gasteiger partial charge >= 0.3 is 39.5 Å². The predicted molar refractivity (Wildman–Crippen MR) is 386 cm³/mol. The van der Waals surface area contributed by atoms with Crippen molar-refractivity contribution in [3.63, 3.8) is 0 Å². The van der Waals surface area contributed by atoms with Crippen LogP contribution in [0.4, 0.5) is 0 Å². The van der Waals surface area contributed by atoms with E-state index in [1.54, 1.807) is 0 Å². The lowest BCUT2D eigenvalue weighted by Gasteiger charge is -2.21. The molecule has 0 fully saturated rings. The topological polar surface area (TPSA) is 237 Å². The molecule has 0 aromatic carbocycles. The first kappa shape index (κ1) is 93.1. The molecule has 0 saturated carbocycles. The first-order valence-electron chi connectivity index (χ1n) is 39.5. The Bertz CT molecular complexity index is 1840. The largest absolute Gasteiger partial charge is 0.472 e. The van der Waals surface area contributed by atoms with Gasteiger partial charge in [0.25, 0.3) is 0 Å². The summed E-state index contributed by atoms with van der Waals surface area (Å²) in [5.41, 5.74) is 0. The van der Waals surface area contributed by atoms with Crippen molar-refractivity contribution < 1.29 is 80.2 Å². The highest BCUT2D eigenvalue weighted by Gasteiger charge is 2.30. The molecule has 0 spiro atoms. The molecule has 0 amide bonds. The van der Waals surface area contributed by atoms with Crippen molar-refractivity contribution in [1.29, 1.82) is 0 Å². The second-order valence-corrected chi connectivity index (χ2v) is 31.0. The first-order valence-corrected chi connectivity index (χ1v) is 42.5. The van der Waals surface area contributed by atoms with E-state index in [0.29, 0.717) is 31.6 Å². The number of unbranched alkanes of at least 4 members (excludes halogenated alkanes) is 44. The molecule has 3 N–H and O–H groups in total. The monoisotopic (exact) mass is 1400 g/mol.